The Balaban J connectivity index is 1.83. The van der Waals surface area contributed by atoms with E-state index >= 15 is 0 Å². The molecule has 1 heterocycles. The van der Waals surface area contributed by atoms with E-state index in [-0.39, 0.29) is 24.2 Å². The maximum Gasteiger partial charge on any atom is 0.216 e. The van der Waals surface area contributed by atoms with Gasteiger partial charge in [-0.25, -0.2) is 0 Å². The molecule has 5 heteroatoms. The molecular weight excluding hydrogens is 232 g/mol. The van der Waals surface area contributed by atoms with Crippen molar-refractivity contribution >= 4 is 5.91 Å². The third kappa shape index (κ3) is 3.67. The first-order chi connectivity index (χ1) is 8.66. The summed E-state index contributed by atoms with van der Waals surface area (Å²) in [6.07, 6.45) is 4.19. The van der Waals surface area contributed by atoms with Crippen molar-refractivity contribution in [2.75, 3.05) is 26.2 Å². The molecule has 0 unspecified atom stereocenters. The molecule has 2 rings (SSSR count). The number of amides is 1. The summed E-state index contributed by atoms with van der Waals surface area (Å²) in [4.78, 5) is 13.2. The second-order valence-corrected chi connectivity index (χ2v) is 5.34. The maximum atomic E-state index is 10.9. The largest absolute Gasteiger partial charge is 0.391 e. The zero-order valence-electron chi connectivity index (χ0n) is 11.1. The molecule has 0 aromatic heterocycles. The van der Waals surface area contributed by atoms with E-state index < -0.39 is 0 Å². The van der Waals surface area contributed by atoms with E-state index in [2.05, 4.69) is 10.2 Å². The van der Waals surface area contributed by atoms with Crippen LogP contribution in [0, 0.1) is 0 Å². The summed E-state index contributed by atoms with van der Waals surface area (Å²) in [6.45, 7) is 4.47. The number of morpholine rings is 1. The molecule has 5 nitrogen and oxygen atoms in total. The highest BCUT2D eigenvalue weighted by atomic mass is 16.5. The number of nitrogens with one attached hydrogen (secondary N) is 1. The number of hydrogen-bond donors (Lipinski definition) is 2. The van der Waals surface area contributed by atoms with E-state index in [1.807, 2.05) is 0 Å². The topological polar surface area (TPSA) is 61.8 Å². The first-order valence-electron chi connectivity index (χ1n) is 6.95. The fraction of sp³-hybridized carbons (Fsp3) is 0.923. The average molecular weight is 256 g/mol. The molecule has 1 aliphatic heterocycles. The number of carbonyl (C=O) groups is 1. The van der Waals surface area contributed by atoms with Crippen molar-refractivity contribution in [1.82, 2.24) is 10.2 Å². The summed E-state index contributed by atoms with van der Waals surface area (Å²) in [6, 6.07) is 0.280. The number of carbonyl (C=O) groups excluding carboxylic acids is 1. The molecule has 1 aliphatic carbocycles. The monoisotopic (exact) mass is 256 g/mol. The molecule has 0 bridgehead atoms. The molecule has 18 heavy (non-hydrogen) atoms. The lowest BCUT2D eigenvalue weighted by Crippen LogP contribution is -2.54. The molecule has 0 spiro atoms. The number of aliphatic hydroxyl groups is 1. The van der Waals surface area contributed by atoms with Crippen molar-refractivity contribution in [2.24, 2.45) is 0 Å². The zero-order valence-corrected chi connectivity index (χ0v) is 11.1. The molecule has 0 radical (unpaired) electrons. The van der Waals surface area contributed by atoms with Crippen molar-refractivity contribution in [3.05, 3.63) is 0 Å². The first kappa shape index (κ1) is 13.8. The van der Waals surface area contributed by atoms with Crippen molar-refractivity contribution in [1.29, 1.82) is 0 Å². The lowest BCUT2D eigenvalue weighted by Gasteiger charge is -2.42. The van der Waals surface area contributed by atoms with E-state index in [4.69, 9.17) is 4.74 Å². The van der Waals surface area contributed by atoms with Gasteiger partial charge < -0.3 is 15.2 Å². The number of nitrogens with zero attached hydrogens (tertiary/aromatic N) is 1. The lowest BCUT2D eigenvalue weighted by molar-refractivity contribution is -0.120. The van der Waals surface area contributed by atoms with E-state index in [0.717, 1.165) is 32.4 Å². The molecule has 1 amide bonds. The Kier molecular flexibility index (Phi) is 4.97. The Bertz CT molecular complexity index is 285. The minimum atomic E-state index is -0.196. The summed E-state index contributed by atoms with van der Waals surface area (Å²) in [5, 5.41) is 12.9. The molecule has 0 aromatic rings. The fourth-order valence-corrected chi connectivity index (χ4v) is 2.94. The van der Waals surface area contributed by atoms with Crippen LogP contribution in [0.25, 0.3) is 0 Å². The standard InChI is InChI=1S/C13H24N2O3/c1-10(16)14-8-11-9-15(6-7-18-11)12-4-2-3-5-13(12)17/h11-13,17H,2-9H2,1H3,(H,14,16)/t11-,12-,13+/m1/s1. The van der Waals surface area contributed by atoms with Gasteiger partial charge in [-0.1, -0.05) is 12.8 Å². The van der Waals surface area contributed by atoms with Crippen LogP contribution in [0.5, 0.6) is 0 Å². The molecular formula is C13H24N2O3. The molecule has 2 N–H and O–H groups in total. The highest BCUT2D eigenvalue weighted by molar-refractivity contribution is 5.72. The van der Waals surface area contributed by atoms with Gasteiger partial charge in [0, 0.05) is 32.6 Å². The summed E-state index contributed by atoms with van der Waals surface area (Å²) in [5.74, 6) is -0.0200. The Morgan fingerprint density at radius 2 is 2.22 bits per heavy atom. The molecule has 2 aliphatic rings. The summed E-state index contributed by atoms with van der Waals surface area (Å²) in [5.41, 5.74) is 0. The van der Waals surface area contributed by atoms with Crippen LogP contribution in [0.3, 0.4) is 0 Å². The van der Waals surface area contributed by atoms with E-state index in [1.165, 1.54) is 13.3 Å². The zero-order chi connectivity index (χ0) is 13.0. The minimum absolute atomic E-state index is 0.0200. The predicted octanol–water partition coefficient (Wildman–Crippen LogP) is 0.127. The first-order valence-corrected chi connectivity index (χ1v) is 6.95. The Morgan fingerprint density at radius 3 is 2.94 bits per heavy atom. The van der Waals surface area contributed by atoms with Gasteiger partial charge in [0.15, 0.2) is 0 Å². The average Bonchev–Trinajstić information content (AvgIpc) is 2.37. The van der Waals surface area contributed by atoms with Crippen molar-refractivity contribution in [3.63, 3.8) is 0 Å². The van der Waals surface area contributed by atoms with Gasteiger partial charge in [-0.05, 0) is 12.8 Å². The smallest absolute Gasteiger partial charge is 0.216 e. The second kappa shape index (κ2) is 6.50. The van der Waals surface area contributed by atoms with Crippen LogP contribution in [0.4, 0.5) is 0 Å². The predicted molar refractivity (Wildman–Crippen MR) is 68.3 cm³/mol. The van der Waals surface area contributed by atoms with Gasteiger partial charge in [0.25, 0.3) is 0 Å². The summed E-state index contributed by atoms with van der Waals surface area (Å²) < 4.78 is 5.65. The van der Waals surface area contributed by atoms with Gasteiger partial charge in [0.05, 0.1) is 18.8 Å². The van der Waals surface area contributed by atoms with E-state index in [9.17, 15) is 9.90 Å². The summed E-state index contributed by atoms with van der Waals surface area (Å²) >= 11 is 0. The van der Waals surface area contributed by atoms with Crippen LogP contribution in [0.1, 0.15) is 32.6 Å². The molecule has 2 fully saturated rings. The Hall–Kier alpha value is -0.650. The molecule has 0 aromatic carbocycles. The second-order valence-electron chi connectivity index (χ2n) is 5.34. The van der Waals surface area contributed by atoms with Crippen LogP contribution in [-0.2, 0) is 9.53 Å². The number of rotatable bonds is 3. The number of ether oxygens (including phenoxy) is 1. The van der Waals surface area contributed by atoms with E-state index in [1.54, 1.807) is 0 Å². The van der Waals surface area contributed by atoms with Crippen molar-refractivity contribution < 1.29 is 14.6 Å². The van der Waals surface area contributed by atoms with Gasteiger partial charge >= 0.3 is 0 Å². The van der Waals surface area contributed by atoms with Crippen LogP contribution < -0.4 is 5.32 Å². The minimum Gasteiger partial charge on any atom is -0.391 e. The number of aliphatic hydroxyl groups excluding tert-OH is 1. The SMILES string of the molecule is CC(=O)NC[C@@H]1CN([C@@H]2CCCC[C@@H]2O)CCO1. The van der Waals surface area contributed by atoms with Crippen LogP contribution in [0.2, 0.25) is 0 Å². The van der Waals surface area contributed by atoms with Crippen LogP contribution in [-0.4, -0.2) is 60.4 Å². The molecule has 1 saturated carbocycles. The molecule has 104 valence electrons. The lowest BCUT2D eigenvalue weighted by atomic mass is 9.91. The van der Waals surface area contributed by atoms with Gasteiger partial charge in [0.1, 0.15) is 0 Å². The number of hydrogen-bond acceptors (Lipinski definition) is 4. The van der Waals surface area contributed by atoms with Gasteiger partial charge in [-0.3, -0.25) is 9.69 Å². The normalized spacial score (nSPS) is 34.2. The van der Waals surface area contributed by atoms with Gasteiger partial charge in [0.2, 0.25) is 5.91 Å². The molecule has 3 atom stereocenters. The fourth-order valence-electron chi connectivity index (χ4n) is 2.94. The quantitative estimate of drug-likeness (QED) is 0.753. The third-order valence-electron chi connectivity index (χ3n) is 3.91. The maximum absolute atomic E-state index is 10.9. The van der Waals surface area contributed by atoms with Crippen LogP contribution in [0.15, 0.2) is 0 Å². The molecule has 1 saturated heterocycles. The van der Waals surface area contributed by atoms with Crippen molar-refractivity contribution in [3.8, 4) is 0 Å². The van der Waals surface area contributed by atoms with E-state index in [0.29, 0.717) is 13.2 Å². The Labute approximate surface area is 108 Å². The van der Waals surface area contributed by atoms with Gasteiger partial charge in [-0.2, -0.15) is 0 Å². The highest BCUT2D eigenvalue weighted by Crippen LogP contribution is 2.24. The highest BCUT2D eigenvalue weighted by Gasteiger charge is 2.32. The summed E-state index contributed by atoms with van der Waals surface area (Å²) in [7, 11) is 0. The van der Waals surface area contributed by atoms with Crippen molar-refractivity contribution in [2.45, 2.75) is 50.9 Å². The van der Waals surface area contributed by atoms with Gasteiger partial charge in [-0.15, -0.1) is 0 Å². The van der Waals surface area contributed by atoms with Crippen LogP contribution >= 0.6 is 0 Å². The Morgan fingerprint density at radius 1 is 1.44 bits per heavy atom. The third-order valence-corrected chi connectivity index (χ3v) is 3.91.